The van der Waals surface area contributed by atoms with Crippen molar-refractivity contribution in [3.05, 3.63) is 0 Å². The molecule has 0 bridgehead atoms. The Morgan fingerprint density at radius 3 is 2.00 bits per heavy atom. The normalized spacial score (nSPS) is 13.9. The van der Waals surface area contributed by atoms with Gasteiger partial charge in [0.2, 0.25) is 10.0 Å². The second-order valence-corrected chi connectivity index (χ2v) is 6.72. The van der Waals surface area contributed by atoms with Gasteiger partial charge in [-0.05, 0) is 13.8 Å². The first kappa shape index (κ1) is 17.7. The Kier molecular flexibility index (Phi) is 6.59. The predicted molar refractivity (Wildman–Crippen MR) is 64.8 cm³/mol. The van der Waals surface area contributed by atoms with Crippen LogP contribution in [0.5, 0.6) is 0 Å². The molecular weight excluding hydrogens is 269 g/mol. The number of alkyl halides is 3. The van der Waals surface area contributed by atoms with Crippen LogP contribution in [0.2, 0.25) is 0 Å². The summed E-state index contributed by atoms with van der Waals surface area (Å²) in [7, 11) is -3.90. The number of hydrogen-bond acceptors (Lipinski definition) is 3. The summed E-state index contributed by atoms with van der Waals surface area (Å²) in [6.07, 6.45) is -4.52. The lowest BCUT2D eigenvalue weighted by Gasteiger charge is -2.27. The number of halogens is 3. The quantitative estimate of drug-likeness (QED) is 0.774. The van der Waals surface area contributed by atoms with Crippen molar-refractivity contribution in [1.82, 2.24) is 9.62 Å². The summed E-state index contributed by atoms with van der Waals surface area (Å²) >= 11 is 0. The maximum absolute atomic E-state index is 12.3. The van der Waals surface area contributed by atoms with E-state index in [2.05, 4.69) is 5.32 Å². The van der Waals surface area contributed by atoms with Crippen molar-refractivity contribution in [2.24, 2.45) is 0 Å². The van der Waals surface area contributed by atoms with Crippen molar-refractivity contribution < 1.29 is 21.6 Å². The van der Waals surface area contributed by atoms with Crippen LogP contribution < -0.4 is 5.32 Å². The molecule has 0 aromatic carbocycles. The maximum Gasteiger partial charge on any atom is 0.402 e. The topological polar surface area (TPSA) is 49.4 Å². The van der Waals surface area contributed by atoms with Gasteiger partial charge in [-0.1, -0.05) is 13.8 Å². The average molecular weight is 290 g/mol. The lowest BCUT2D eigenvalue weighted by Crippen LogP contribution is -2.45. The fraction of sp³-hybridized carbons (Fsp3) is 1.00. The minimum absolute atomic E-state index is 0.0929. The van der Waals surface area contributed by atoms with Gasteiger partial charge >= 0.3 is 6.18 Å². The SMILES string of the molecule is CC(C)NCCS(=O)(=O)N(CC(F)(F)F)C(C)C. The van der Waals surface area contributed by atoms with Gasteiger partial charge in [-0.25, -0.2) is 8.42 Å². The Bertz CT molecular complexity index is 340. The largest absolute Gasteiger partial charge is 0.402 e. The van der Waals surface area contributed by atoms with Crippen LogP contribution in [-0.2, 0) is 10.0 Å². The van der Waals surface area contributed by atoms with E-state index in [1.54, 1.807) is 0 Å². The summed E-state index contributed by atoms with van der Waals surface area (Å²) in [5.41, 5.74) is 0. The molecule has 0 fully saturated rings. The third-order valence-corrected chi connectivity index (χ3v) is 4.17. The zero-order chi connectivity index (χ0) is 14.6. The fourth-order valence-electron chi connectivity index (χ4n) is 1.37. The van der Waals surface area contributed by atoms with E-state index in [1.807, 2.05) is 13.8 Å². The molecule has 0 amide bonds. The van der Waals surface area contributed by atoms with Crippen molar-refractivity contribution >= 4 is 10.0 Å². The maximum atomic E-state index is 12.3. The van der Waals surface area contributed by atoms with Gasteiger partial charge in [0.1, 0.15) is 6.54 Å². The van der Waals surface area contributed by atoms with Crippen molar-refractivity contribution in [2.75, 3.05) is 18.8 Å². The smallest absolute Gasteiger partial charge is 0.313 e. The zero-order valence-electron chi connectivity index (χ0n) is 11.1. The summed E-state index contributed by atoms with van der Waals surface area (Å²) in [6, 6.07) is -0.619. The second-order valence-electron chi connectivity index (χ2n) is 4.68. The van der Waals surface area contributed by atoms with Crippen molar-refractivity contribution in [3.63, 3.8) is 0 Å². The second kappa shape index (κ2) is 6.72. The predicted octanol–water partition coefficient (Wildman–Crippen LogP) is 1.59. The minimum Gasteiger partial charge on any atom is -0.313 e. The molecule has 0 atom stereocenters. The number of rotatable bonds is 7. The molecule has 0 spiro atoms. The first-order chi connectivity index (χ1) is 7.96. The average Bonchev–Trinajstić information content (AvgIpc) is 2.11. The Morgan fingerprint density at radius 1 is 1.17 bits per heavy atom. The molecular formula is C10H21F3N2O2S. The van der Waals surface area contributed by atoms with Crippen LogP contribution in [0.3, 0.4) is 0 Å². The molecule has 0 aromatic heterocycles. The van der Waals surface area contributed by atoms with E-state index in [1.165, 1.54) is 13.8 Å². The molecule has 0 aliphatic heterocycles. The number of nitrogens with one attached hydrogen (secondary N) is 1. The lowest BCUT2D eigenvalue weighted by atomic mass is 10.4. The molecule has 0 saturated heterocycles. The van der Waals surface area contributed by atoms with E-state index in [4.69, 9.17) is 0 Å². The molecule has 0 radical (unpaired) electrons. The highest BCUT2D eigenvalue weighted by molar-refractivity contribution is 7.89. The highest BCUT2D eigenvalue weighted by Gasteiger charge is 2.37. The van der Waals surface area contributed by atoms with Crippen LogP contribution in [-0.4, -0.2) is 49.8 Å². The summed E-state index contributed by atoms with van der Waals surface area (Å²) < 4.78 is 61.1. The van der Waals surface area contributed by atoms with Gasteiger partial charge in [-0.15, -0.1) is 0 Å². The molecule has 1 N–H and O–H groups in total. The van der Waals surface area contributed by atoms with Gasteiger partial charge in [0.15, 0.2) is 0 Å². The van der Waals surface area contributed by atoms with Crippen LogP contribution >= 0.6 is 0 Å². The molecule has 0 unspecified atom stereocenters. The Morgan fingerprint density at radius 2 is 1.67 bits per heavy atom. The number of sulfonamides is 1. The third-order valence-electron chi connectivity index (χ3n) is 2.18. The summed E-state index contributed by atoms with van der Waals surface area (Å²) in [5.74, 6) is -0.334. The summed E-state index contributed by atoms with van der Waals surface area (Å²) in [4.78, 5) is 0. The van der Waals surface area contributed by atoms with Crippen LogP contribution in [0.15, 0.2) is 0 Å². The molecule has 0 aromatic rings. The van der Waals surface area contributed by atoms with Gasteiger partial charge in [-0.3, -0.25) is 0 Å². The summed E-state index contributed by atoms with van der Waals surface area (Å²) in [6.45, 7) is 5.24. The van der Waals surface area contributed by atoms with E-state index < -0.39 is 28.8 Å². The first-order valence-electron chi connectivity index (χ1n) is 5.75. The van der Waals surface area contributed by atoms with Crippen molar-refractivity contribution in [3.8, 4) is 0 Å². The Balaban J connectivity index is 4.68. The van der Waals surface area contributed by atoms with E-state index in [9.17, 15) is 21.6 Å². The molecule has 0 heterocycles. The van der Waals surface area contributed by atoms with Crippen molar-refractivity contribution in [2.45, 2.75) is 46.0 Å². The van der Waals surface area contributed by atoms with Crippen LogP contribution in [0.1, 0.15) is 27.7 Å². The van der Waals surface area contributed by atoms with Gasteiger partial charge in [-0.2, -0.15) is 17.5 Å². The van der Waals surface area contributed by atoms with Gasteiger partial charge in [0, 0.05) is 18.6 Å². The van der Waals surface area contributed by atoms with Crippen LogP contribution in [0.25, 0.3) is 0 Å². The van der Waals surface area contributed by atoms with Gasteiger partial charge < -0.3 is 5.32 Å². The molecule has 0 saturated carbocycles. The first-order valence-corrected chi connectivity index (χ1v) is 7.36. The molecule has 0 aliphatic rings. The lowest BCUT2D eigenvalue weighted by molar-refractivity contribution is -0.138. The molecule has 4 nitrogen and oxygen atoms in total. The minimum atomic E-state index is -4.52. The zero-order valence-corrected chi connectivity index (χ0v) is 11.9. The number of nitrogens with zero attached hydrogens (tertiary/aromatic N) is 1. The molecule has 18 heavy (non-hydrogen) atoms. The van der Waals surface area contributed by atoms with Gasteiger partial charge in [0.25, 0.3) is 0 Å². The Hall–Kier alpha value is -0.340. The van der Waals surface area contributed by atoms with Crippen molar-refractivity contribution in [1.29, 1.82) is 0 Å². The van der Waals surface area contributed by atoms with E-state index in [0.717, 1.165) is 0 Å². The van der Waals surface area contributed by atoms with Gasteiger partial charge in [0.05, 0.1) is 5.75 Å². The fourth-order valence-corrected chi connectivity index (χ4v) is 2.97. The highest BCUT2D eigenvalue weighted by atomic mass is 32.2. The van der Waals surface area contributed by atoms with Crippen LogP contribution in [0.4, 0.5) is 13.2 Å². The third kappa shape index (κ3) is 7.17. The summed E-state index contributed by atoms with van der Waals surface area (Å²) in [5, 5.41) is 2.87. The molecule has 8 heteroatoms. The molecule has 0 rings (SSSR count). The van der Waals surface area contributed by atoms with E-state index >= 15 is 0 Å². The molecule has 0 aliphatic carbocycles. The molecule has 110 valence electrons. The van der Waals surface area contributed by atoms with E-state index in [0.29, 0.717) is 4.31 Å². The van der Waals surface area contributed by atoms with Crippen LogP contribution in [0, 0.1) is 0 Å². The number of hydrogen-bond donors (Lipinski definition) is 1. The monoisotopic (exact) mass is 290 g/mol. The standard InChI is InChI=1S/C10H21F3N2O2S/c1-8(2)14-5-6-18(16,17)15(9(3)4)7-10(11,12)13/h8-9,14H,5-7H2,1-4H3. The van der Waals surface area contributed by atoms with E-state index in [-0.39, 0.29) is 18.3 Å². The highest BCUT2D eigenvalue weighted by Crippen LogP contribution is 2.20. The Labute approximate surface area is 107 Å².